The summed E-state index contributed by atoms with van der Waals surface area (Å²) in [6.07, 6.45) is 10.3. The van der Waals surface area contributed by atoms with Crippen LogP contribution in [0.2, 0.25) is 0 Å². The summed E-state index contributed by atoms with van der Waals surface area (Å²) in [6.45, 7) is 1.13. The SMILES string of the molecule is OC(CCCc1ccc(F)cc1)(c1ccc(F)cc1)c1cncn1Cc1ccccc1.OC(CCCc1ccc(F)cc1)(c1ccc(F)cc1)c1cncn1Cc1ccccc1. The van der Waals surface area contributed by atoms with Gasteiger partial charge in [-0.2, -0.15) is 0 Å². The van der Waals surface area contributed by atoms with E-state index in [0.717, 1.165) is 22.3 Å². The van der Waals surface area contributed by atoms with Gasteiger partial charge >= 0.3 is 0 Å². The van der Waals surface area contributed by atoms with Crippen molar-refractivity contribution < 1.29 is 27.8 Å². The molecule has 0 saturated carbocycles. The summed E-state index contributed by atoms with van der Waals surface area (Å²) in [5, 5.41) is 23.7. The maximum absolute atomic E-state index is 13.6. The first-order chi connectivity index (χ1) is 30.1. The molecule has 8 rings (SSSR count). The quantitative estimate of drug-likeness (QED) is 0.0951. The summed E-state index contributed by atoms with van der Waals surface area (Å²) >= 11 is 0. The van der Waals surface area contributed by atoms with Gasteiger partial charge in [0.25, 0.3) is 0 Å². The van der Waals surface area contributed by atoms with E-state index in [1.54, 1.807) is 73.6 Å². The number of imidazole rings is 2. The van der Waals surface area contributed by atoms with E-state index < -0.39 is 11.2 Å². The molecule has 0 aliphatic carbocycles. The summed E-state index contributed by atoms with van der Waals surface area (Å²) in [6, 6.07) is 44.6. The molecule has 0 radical (unpaired) electrons. The van der Waals surface area contributed by atoms with Gasteiger partial charge in [0.2, 0.25) is 0 Å². The molecule has 6 nitrogen and oxygen atoms in total. The molecule has 0 amide bonds. The molecule has 2 unspecified atom stereocenters. The zero-order chi connectivity index (χ0) is 43.4. The van der Waals surface area contributed by atoms with Crippen LogP contribution in [0.5, 0.6) is 0 Å². The minimum atomic E-state index is -1.33. The third kappa shape index (κ3) is 11.0. The minimum absolute atomic E-state index is 0.267. The fourth-order valence-electron chi connectivity index (χ4n) is 7.83. The highest BCUT2D eigenvalue weighted by molar-refractivity contribution is 5.35. The molecule has 6 aromatic carbocycles. The molecule has 316 valence electrons. The van der Waals surface area contributed by atoms with Gasteiger partial charge in [0.15, 0.2) is 0 Å². The van der Waals surface area contributed by atoms with Gasteiger partial charge in [-0.25, -0.2) is 27.5 Å². The van der Waals surface area contributed by atoms with Crippen molar-refractivity contribution in [3.63, 3.8) is 0 Å². The van der Waals surface area contributed by atoms with Crippen molar-refractivity contribution in [1.82, 2.24) is 19.1 Å². The molecule has 2 aromatic heterocycles. The molecule has 2 atom stereocenters. The Morgan fingerprint density at radius 2 is 0.726 bits per heavy atom. The smallest absolute Gasteiger partial charge is 0.131 e. The molecular formula is C52H48F4N4O2. The average Bonchev–Trinajstić information content (AvgIpc) is 3.97. The Labute approximate surface area is 359 Å². The number of benzene rings is 6. The van der Waals surface area contributed by atoms with E-state index in [1.165, 1.54) is 48.5 Å². The molecule has 0 aliphatic heterocycles. The zero-order valence-corrected chi connectivity index (χ0v) is 34.2. The largest absolute Gasteiger partial charge is 0.379 e. The second-order valence-corrected chi connectivity index (χ2v) is 15.5. The minimum Gasteiger partial charge on any atom is -0.379 e. The predicted octanol–water partition coefficient (Wildman–Crippen LogP) is 10.9. The van der Waals surface area contributed by atoms with Crippen molar-refractivity contribution in [2.75, 3.05) is 0 Å². The Morgan fingerprint density at radius 3 is 1.06 bits per heavy atom. The molecule has 0 fully saturated rings. The number of nitrogens with zero attached hydrogens (tertiary/aromatic N) is 4. The van der Waals surface area contributed by atoms with Gasteiger partial charge in [-0.05, 0) is 120 Å². The first-order valence-corrected chi connectivity index (χ1v) is 20.6. The molecule has 62 heavy (non-hydrogen) atoms. The standard InChI is InChI=1S/2C26H24F2N2O/c2*27-23-12-8-20(9-13-23)7-4-16-26(31,22-10-14-24(28)15-11-22)25-17-29-19-30(25)18-21-5-2-1-3-6-21/h2*1-3,5-6,8-15,17,19,31H,4,7,16,18H2. The highest BCUT2D eigenvalue weighted by Crippen LogP contribution is 2.37. The lowest BCUT2D eigenvalue weighted by Gasteiger charge is -2.30. The first-order valence-electron chi connectivity index (χ1n) is 20.6. The lowest BCUT2D eigenvalue weighted by atomic mass is 9.85. The zero-order valence-electron chi connectivity index (χ0n) is 34.2. The van der Waals surface area contributed by atoms with Crippen LogP contribution in [0.15, 0.2) is 183 Å². The number of halogens is 4. The third-order valence-corrected chi connectivity index (χ3v) is 11.1. The summed E-state index contributed by atoms with van der Waals surface area (Å²) in [5.74, 6) is -1.24. The Hall–Kier alpha value is -6.62. The van der Waals surface area contributed by atoms with E-state index in [1.807, 2.05) is 69.8 Å². The van der Waals surface area contributed by atoms with Crippen molar-refractivity contribution in [1.29, 1.82) is 0 Å². The highest BCUT2D eigenvalue weighted by atomic mass is 19.1. The van der Waals surface area contributed by atoms with E-state index in [-0.39, 0.29) is 23.3 Å². The fourth-order valence-corrected chi connectivity index (χ4v) is 7.83. The third-order valence-electron chi connectivity index (χ3n) is 11.1. The van der Waals surface area contributed by atoms with Gasteiger partial charge in [0.05, 0.1) is 36.4 Å². The number of aliphatic hydroxyl groups is 2. The van der Waals surface area contributed by atoms with E-state index in [0.29, 0.717) is 74.1 Å². The maximum atomic E-state index is 13.6. The molecule has 2 N–H and O–H groups in total. The first kappa shape index (κ1) is 43.5. The number of aromatic nitrogens is 4. The Kier molecular flexibility index (Phi) is 14.2. The molecule has 0 spiro atoms. The van der Waals surface area contributed by atoms with E-state index >= 15 is 0 Å². The van der Waals surface area contributed by atoms with E-state index in [4.69, 9.17) is 0 Å². The average molecular weight is 837 g/mol. The molecule has 0 aliphatic rings. The van der Waals surface area contributed by atoms with Gasteiger partial charge in [-0.1, -0.05) is 109 Å². The Bertz CT molecular complexity index is 2400. The van der Waals surface area contributed by atoms with Crippen LogP contribution in [0.4, 0.5) is 17.6 Å². The normalized spacial score (nSPS) is 13.1. The number of rotatable bonds is 16. The second-order valence-electron chi connectivity index (χ2n) is 15.5. The van der Waals surface area contributed by atoms with Gasteiger partial charge in [0.1, 0.15) is 34.5 Å². The van der Waals surface area contributed by atoms with Gasteiger partial charge < -0.3 is 19.3 Å². The maximum Gasteiger partial charge on any atom is 0.131 e. The van der Waals surface area contributed by atoms with Crippen LogP contribution in [0.3, 0.4) is 0 Å². The van der Waals surface area contributed by atoms with Crippen molar-refractivity contribution >= 4 is 0 Å². The number of hydrogen-bond donors (Lipinski definition) is 2. The summed E-state index contributed by atoms with van der Waals surface area (Å²) in [4.78, 5) is 8.58. The topological polar surface area (TPSA) is 76.1 Å². The van der Waals surface area contributed by atoms with E-state index in [9.17, 15) is 27.8 Å². The fraction of sp³-hybridized carbons (Fsp3) is 0.192. The van der Waals surface area contributed by atoms with Gasteiger partial charge in [-0.3, -0.25) is 0 Å². The highest BCUT2D eigenvalue weighted by Gasteiger charge is 2.36. The molecule has 0 saturated heterocycles. The summed E-state index contributed by atoms with van der Waals surface area (Å²) in [5.41, 5.74) is 4.05. The van der Waals surface area contributed by atoms with Crippen molar-refractivity contribution in [2.45, 2.75) is 62.8 Å². The Morgan fingerprint density at radius 1 is 0.403 bits per heavy atom. The van der Waals surface area contributed by atoms with Crippen LogP contribution >= 0.6 is 0 Å². The van der Waals surface area contributed by atoms with Crippen LogP contribution in [0, 0.1) is 23.3 Å². The molecule has 10 heteroatoms. The Balaban J connectivity index is 0.000000186. The van der Waals surface area contributed by atoms with E-state index in [2.05, 4.69) is 9.97 Å². The summed E-state index contributed by atoms with van der Waals surface area (Å²) in [7, 11) is 0. The molecular weight excluding hydrogens is 789 g/mol. The number of aryl methyl sites for hydroxylation is 2. The number of hydrogen-bond acceptors (Lipinski definition) is 4. The lowest BCUT2D eigenvalue weighted by Crippen LogP contribution is -2.30. The van der Waals surface area contributed by atoms with Crippen LogP contribution in [-0.4, -0.2) is 29.3 Å². The second kappa shape index (κ2) is 20.3. The van der Waals surface area contributed by atoms with Crippen LogP contribution < -0.4 is 0 Å². The van der Waals surface area contributed by atoms with Crippen LogP contribution in [0.25, 0.3) is 0 Å². The van der Waals surface area contributed by atoms with Crippen molar-refractivity contribution in [3.8, 4) is 0 Å². The van der Waals surface area contributed by atoms with Crippen molar-refractivity contribution in [2.24, 2.45) is 0 Å². The van der Waals surface area contributed by atoms with Crippen LogP contribution in [0.1, 0.15) is 70.5 Å². The molecule has 2 heterocycles. The van der Waals surface area contributed by atoms with Gasteiger partial charge in [-0.15, -0.1) is 0 Å². The molecule has 8 aromatic rings. The monoisotopic (exact) mass is 836 g/mol. The predicted molar refractivity (Wildman–Crippen MR) is 233 cm³/mol. The summed E-state index contributed by atoms with van der Waals surface area (Å²) < 4.78 is 57.3. The van der Waals surface area contributed by atoms with Gasteiger partial charge in [0, 0.05) is 13.1 Å². The van der Waals surface area contributed by atoms with Crippen LogP contribution in [-0.2, 0) is 37.1 Å². The lowest BCUT2D eigenvalue weighted by molar-refractivity contribution is 0.0603. The molecule has 0 bridgehead atoms. The van der Waals surface area contributed by atoms with Crippen molar-refractivity contribution in [3.05, 3.63) is 251 Å².